The molecule has 0 atom stereocenters. The third-order valence-corrected chi connectivity index (χ3v) is 6.81. The van der Waals surface area contributed by atoms with Gasteiger partial charge in [0.15, 0.2) is 0 Å². The molecule has 1 aromatic heterocycles. The fraction of sp³-hybridized carbons (Fsp3) is 0. The normalized spacial score (nSPS) is 10.9. The second-order valence-electron chi connectivity index (χ2n) is 6.95. The standard InChI is InChI=1S/C24H14Cl3N3O4S/c25-14-9-10-16(26)17(11-14)29-22(31)23(32)30-28-12-13-5-1-3-7-18(13)34-24(33)21-20(27)15-6-2-4-8-19(15)35-21/h1-12H,(H,29,31)(H,30,32)/b28-12-. The average Bonchev–Trinajstić information content (AvgIpc) is 3.19. The zero-order valence-corrected chi connectivity index (χ0v) is 20.6. The summed E-state index contributed by atoms with van der Waals surface area (Å²) >= 11 is 19.4. The number of carbonyl (C=O) groups is 3. The number of thiophene rings is 1. The molecule has 176 valence electrons. The van der Waals surface area contributed by atoms with Gasteiger partial charge in [0.25, 0.3) is 0 Å². The molecule has 0 fully saturated rings. The molecule has 4 rings (SSSR count). The van der Waals surface area contributed by atoms with Gasteiger partial charge in [0.05, 0.1) is 21.9 Å². The monoisotopic (exact) mass is 545 g/mol. The summed E-state index contributed by atoms with van der Waals surface area (Å²) in [6.07, 6.45) is 1.24. The lowest BCUT2D eigenvalue weighted by Crippen LogP contribution is -2.32. The SMILES string of the molecule is O=C(N/N=C\c1ccccc1OC(=O)c1sc2ccccc2c1Cl)C(=O)Nc1cc(Cl)ccc1Cl. The van der Waals surface area contributed by atoms with Gasteiger partial charge in [-0.3, -0.25) is 9.59 Å². The number of carbonyl (C=O) groups excluding carboxylic acids is 3. The number of fused-ring (bicyclic) bond motifs is 1. The molecule has 7 nitrogen and oxygen atoms in total. The number of rotatable bonds is 5. The van der Waals surface area contributed by atoms with Crippen molar-refractivity contribution in [3.05, 3.63) is 92.2 Å². The van der Waals surface area contributed by atoms with E-state index >= 15 is 0 Å². The van der Waals surface area contributed by atoms with Crippen LogP contribution >= 0.6 is 46.1 Å². The zero-order valence-electron chi connectivity index (χ0n) is 17.6. The summed E-state index contributed by atoms with van der Waals surface area (Å²) in [7, 11) is 0. The van der Waals surface area contributed by atoms with Gasteiger partial charge in [0.1, 0.15) is 10.6 Å². The van der Waals surface area contributed by atoms with Crippen molar-refractivity contribution >= 4 is 85.9 Å². The molecular weight excluding hydrogens is 533 g/mol. The number of ether oxygens (including phenoxy) is 1. The highest BCUT2D eigenvalue weighted by Crippen LogP contribution is 2.36. The van der Waals surface area contributed by atoms with Crippen LogP contribution in [0.2, 0.25) is 15.1 Å². The molecule has 35 heavy (non-hydrogen) atoms. The Hall–Kier alpha value is -3.43. The van der Waals surface area contributed by atoms with Crippen molar-refractivity contribution in [2.45, 2.75) is 0 Å². The molecule has 0 aliphatic heterocycles. The highest BCUT2D eigenvalue weighted by atomic mass is 35.5. The van der Waals surface area contributed by atoms with Gasteiger partial charge in [-0.1, -0.05) is 65.1 Å². The summed E-state index contributed by atoms with van der Waals surface area (Å²) in [6.45, 7) is 0. The average molecular weight is 547 g/mol. The molecule has 0 saturated carbocycles. The molecule has 3 aromatic carbocycles. The maximum Gasteiger partial charge on any atom is 0.355 e. The smallest absolute Gasteiger partial charge is 0.355 e. The second kappa shape index (κ2) is 10.9. The van der Waals surface area contributed by atoms with Crippen molar-refractivity contribution in [2.75, 3.05) is 5.32 Å². The first-order valence-corrected chi connectivity index (χ1v) is 11.9. The molecule has 1 heterocycles. The molecule has 0 bridgehead atoms. The van der Waals surface area contributed by atoms with E-state index in [1.165, 1.54) is 29.7 Å². The summed E-state index contributed by atoms with van der Waals surface area (Å²) in [5, 5.41) is 7.77. The maximum absolute atomic E-state index is 12.8. The van der Waals surface area contributed by atoms with E-state index in [2.05, 4.69) is 15.8 Å². The lowest BCUT2D eigenvalue weighted by Gasteiger charge is -2.07. The van der Waals surface area contributed by atoms with Crippen LogP contribution in [0.1, 0.15) is 15.2 Å². The van der Waals surface area contributed by atoms with E-state index < -0.39 is 17.8 Å². The summed E-state index contributed by atoms with van der Waals surface area (Å²) < 4.78 is 6.39. The van der Waals surface area contributed by atoms with Crippen LogP contribution in [0.5, 0.6) is 5.75 Å². The highest BCUT2D eigenvalue weighted by Gasteiger charge is 2.20. The minimum Gasteiger partial charge on any atom is -0.422 e. The van der Waals surface area contributed by atoms with Gasteiger partial charge >= 0.3 is 17.8 Å². The molecule has 0 aliphatic carbocycles. The molecule has 0 radical (unpaired) electrons. The van der Waals surface area contributed by atoms with Crippen molar-refractivity contribution in [2.24, 2.45) is 5.10 Å². The van der Waals surface area contributed by atoms with Gasteiger partial charge in [-0.05, 0) is 36.4 Å². The number of para-hydroxylation sites is 1. The van der Waals surface area contributed by atoms with Crippen LogP contribution in [0.15, 0.2) is 71.8 Å². The van der Waals surface area contributed by atoms with Crippen LogP contribution in [-0.2, 0) is 9.59 Å². The second-order valence-corrected chi connectivity index (χ2v) is 9.22. The fourth-order valence-corrected chi connectivity index (χ4v) is 4.68. The lowest BCUT2D eigenvalue weighted by atomic mass is 10.2. The molecular formula is C24H14Cl3N3O4S. The molecule has 2 amide bonds. The van der Waals surface area contributed by atoms with Crippen LogP contribution < -0.4 is 15.5 Å². The predicted molar refractivity (Wildman–Crippen MR) is 139 cm³/mol. The molecule has 4 aromatic rings. The topological polar surface area (TPSA) is 96.9 Å². The molecule has 0 unspecified atom stereocenters. The molecule has 0 spiro atoms. The Bertz CT molecular complexity index is 1490. The minimum atomic E-state index is -1.04. The zero-order chi connectivity index (χ0) is 24.9. The van der Waals surface area contributed by atoms with Gasteiger partial charge in [-0.2, -0.15) is 5.10 Å². The number of anilines is 1. The summed E-state index contributed by atoms with van der Waals surface area (Å²) in [5.41, 5.74) is 2.67. The minimum absolute atomic E-state index is 0.181. The Morgan fingerprint density at radius 1 is 0.914 bits per heavy atom. The van der Waals surface area contributed by atoms with E-state index in [0.29, 0.717) is 15.6 Å². The van der Waals surface area contributed by atoms with Gasteiger partial charge in [0, 0.05) is 20.7 Å². The largest absolute Gasteiger partial charge is 0.422 e. The van der Waals surface area contributed by atoms with Crippen molar-refractivity contribution < 1.29 is 19.1 Å². The van der Waals surface area contributed by atoms with E-state index in [0.717, 1.165) is 10.1 Å². The van der Waals surface area contributed by atoms with Crippen LogP contribution in [0.4, 0.5) is 5.69 Å². The lowest BCUT2D eigenvalue weighted by molar-refractivity contribution is -0.136. The number of amides is 2. The summed E-state index contributed by atoms with van der Waals surface area (Å²) in [6, 6.07) is 18.4. The predicted octanol–water partition coefficient (Wildman–Crippen LogP) is 6.17. The quantitative estimate of drug-likeness (QED) is 0.103. The molecule has 0 aliphatic rings. The van der Waals surface area contributed by atoms with Crippen LogP contribution in [-0.4, -0.2) is 24.0 Å². The number of hydrogen-bond donors (Lipinski definition) is 2. The first kappa shape index (κ1) is 24.7. The number of nitrogens with one attached hydrogen (secondary N) is 2. The van der Waals surface area contributed by atoms with Gasteiger partial charge in [-0.25, -0.2) is 10.2 Å². The summed E-state index contributed by atoms with van der Waals surface area (Å²) in [4.78, 5) is 37.2. The fourth-order valence-electron chi connectivity index (χ4n) is 2.96. The van der Waals surface area contributed by atoms with E-state index in [1.54, 1.807) is 30.3 Å². The van der Waals surface area contributed by atoms with E-state index in [-0.39, 0.29) is 21.3 Å². The van der Waals surface area contributed by atoms with Crippen LogP contribution in [0.25, 0.3) is 10.1 Å². The van der Waals surface area contributed by atoms with E-state index in [4.69, 9.17) is 39.5 Å². The van der Waals surface area contributed by atoms with Gasteiger partial charge in [0.2, 0.25) is 0 Å². The van der Waals surface area contributed by atoms with E-state index in [9.17, 15) is 14.4 Å². The Balaban J connectivity index is 1.43. The Morgan fingerprint density at radius 2 is 1.66 bits per heavy atom. The Morgan fingerprint density at radius 3 is 2.46 bits per heavy atom. The number of hydrogen-bond acceptors (Lipinski definition) is 6. The first-order valence-electron chi connectivity index (χ1n) is 9.91. The third-order valence-electron chi connectivity index (χ3n) is 4.59. The number of hydrazone groups is 1. The summed E-state index contributed by atoms with van der Waals surface area (Å²) in [5.74, 6) is -2.47. The Labute approximate surface area is 218 Å². The maximum atomic E-state index is 12.8. The number of nitrogens with zero attached hydrogens (tertiary/aromatic N) is 1. The van der Waals surface area contributed by atoms with Crippen LogP contribution in [0, 0.1) is 0 Å². The highest BCUT2D eigenvalue weighted by molar-refractivity contribution is 7.21. The first-order chi connectivity index (χ1) is 16.8. The van der Waals surface area contributed by atoms with Gasteiger partial charge in [-0.15, -0.1) is 11.3 Å². The van der Waals surface area contributed by atoms with Crippen molar-refractivity contribution in [3.63, 3.8) is 0 Å². The molecule has 0 saturated heterocycles. The number of halogens is 3. The van der Waals surface area contributed by atoms with Crippen molar-refractivity contribution in [1.29, 1.82) is 0 Å². The number of esters is 1. The molecule has 2 N–H and O–H groups in total. The van der Waals surface area contributed by atoms with E-state index in [1.807, 2.05) is 24.3 Å². The van der Waals surface area contributed by atoms with Crippen LogP contribution in [0.3, 0.4) is 0 Å². The van der Waals surface area contributed by atoms with Crippen molar-refractivity contribution in [1.82, 2.24) is 5.43 Å². The Kier molecular flexibility index (Phi) is 7.67. The van der Waals surface area contributed by atoms with Gasteiger partial charge < -0.3 is 10.1 Å². The number of benzene rings is 3. The van der Waals surface area contributed by atoms with Crippen molar-refractivity contribution in [3.8, 4) is 5.75 Å². The third kappa shape index (κ3) is 5.80. The molecule has 11 heteroatoms.